The molecule has 10 nitrogen and oxygen atoms in total. The summed E-state index contributed by atoms with van der Waals surface area (Å²) < 4.78 is 1.92. The standard InChI is InChI=1S/C12H24N10/c1-19(2)10-14-11(17-16-10)21(5)8-7-13-9-15-18-12(20(3)4)22(9)6/h7-8H2,1-6H3,(H,13,15)(H,14,16,17). The van der Waals surface area contributed by atoms with E-state index in [0.717, 1.165) is 30.3 Å². The number of aromatic nitrogens is 6. The highest BCUT2D eigenvalue weighted by Gasteiger charge is 2.11. The lowest BCUT2D eigenvalue weighted by Crippen LogP contribution is -2.26. The van der Waals surface area contributed by atoms with Gasteiger partial charge in [0.2, 0.25) is 23.8 Å². The number of nitrogens with zero attached hydrogens (tertiary/aromatic N) is 8. The Morgan fingerprint density at radius 2 is 1.64 bits per heavy atom. The first-order valence-electron chi connectivity index (χ1n) is 7.02. The van der Waals surface area contributed by atoms with Gasteiger partial charge in [-0.15, -0.1) is 20.4 Å². The first-order chi connectivity index (χ1) is 10.4. The van der Waals surface area contributed by atoms with Gasteiger partial charge in [0.25, 0.3) is 0 Å². The number of hydrogen-bond donors (Lipinski definition) is 2. The van der Waals surface area contributed by atoms with Crippen molar-refractivity contribution < 1.29 is 0 Å². The van der Waals surface area contributed by atoms with Crippen LogP contribution in [-0.2, 0) is 7.05 Å². The highest BCUT2D eigenvalue weighted by Crippen LogP contribution is 2.12. The van der Waals surface area contributed by atoms with E-state index in [0.29, 0.717) is 6.54 Å². The normalized spacial score (nSPS) is 10.6. The summed E-state index contributed by atoms with van der Waals surface area (Å²) in [6.45, 7) is 1.47. The molecule has 0 aromatic carbocycles. The smallest absolute Gasteiger partial charge is 0.227 e. The van der Waals surface area contributed by atoms with E-state index in [4.69, 9.17) is 0 Å². The second kappa shape index (κ2) is 6.50. The summed E-state index contributed by atoms with van der Waals surface area (Å²) in [5.74, 6) is 3.02. The monoisotopic (exact) mass is 308 g/mol. The van der Waals surface area contributed by atoms with Crippen molar-refractivity contribution in [1.82, 2.24) is 29.9 Å². The average molecular weight is 308 g/mol. The number of aromatic amines is 1. The van der Waals surface area contributed by atoms with Gasteiger partial charge < -0.3 is 20.0 Å². The van der Waals surface area contributed by atoms with Gasteiger partial charge in [0.05, 0.1) is 0 Å². The molecule has 2 aromatic rings. The van der Waals surface area contributed by atoms with E-state index >= 15 is 0 Å². The quantitative estimate of drug-likeness (QED) is 0.714. The number of anilines is 4. The lowest BCUT2D eigenvalue weighted by molar-refractivity contribution is 0.836. The molecular weight excluding hydrogens is 284 g/mol. The fraction of sp³-hybridized carbons (Fsp3) is 0.667. The molecule has 0 saturated carbocycles. The molecule has 2 N–H and O–H groups in total. The molecule has 0 saturated heterocycles. The average Bonchev–Trinajstić information content (AvgIpc) is 3.06. The maximum atomic E-state index is 4.13. The van der Waals surface area contributed by atoms with Gasteiger partial charge in [-0.05, 0) is 0 Å². The van der Waals surface area contributed by atoms with Crippen LogP contribution in [0.3, 0.4) is 0 Å². The highest BCUT2D eigenvalue weighted by molar-refractivity contribution is 5.39. The van der Waals surface area contributed by atoms with Crippen LogP contribution in [0.15, 0.2) is 0 Å². The molecule has 0 unspecified atom stereocenters. The summed E-state index contributed by atoms with van der Waals surface area (Å²) in [5, 5.41) is 19.7. The lowest BCUT2D eigenvalue weighted by Gasteiger charge is -2.16. The van der Waals surface area contributed by atoms with Gasteiger partial charge in [0, 0.05) is 55.4 Å². The van der Waals surface area contributed by atoms with Crippen LogP contribution in [0.25, 0.3) is 0 Å². The number of rotatable bonds is 7. The van der Waals surface area contributed by atoms with Gasteiger partial charge in [-0.3, -0.25) is 9.55 Å². The second-order valence-corrected chi connectivity index (χ2v) is 5.49. The van der Waals surface area contributed by atoms with Crippen molar-refractivity contribution in [1.29, 1.82) is 0 Å². The van der Waals surface area contributed by atoms with Gasteiger partial charge in [0.15, 0.2) is 0 Å². The molecule has 0 aliphatic carbocycles. The zero-order valence-corrected chi connectivity index (χ0v) is 14.0. The molecule has 0 aliphatic rings. The van der Waals surface area contributed by atoms with Crippen molar-refractivity contribution in [3.8, 4) is 0 Å². The van der Waals surface area contributed by atoms with Crippen LogP contribution in [0.1, 0.15) is 0 Å². The molecule has 0 aliphatic heterocycles. The van der Waals surface area contributed by atoms with Crippen molar-refractivity contribution in [3.05, 3.63) is 0 Å². The summed E-state index contributed by atoms with van der Waals surface area (Å²) in [6.07, 6.45) is 0. The molecule has 0 fully saturated rings. The van der Waals surface area contributed by atoms with E-state index in [9.17, 15) is 0 Å². The Kier molecular flexibility index (Phi) is 4.68. The van der Waals surface area contributed by atoms with Crippen LogP contribution in [0.4, 0.5) is 23.8 Å². The third-order valence-corrected chi connectivity index (χ3v) is 3.23. The number of likely N-dealkylation sites (N-methyl/N-ethyl adjacent to an activating group) is 1. The fourth-order valence-corrected chi connectivity index (χ4v) is 1.92. The topological polar surface area (TPSA) is 94.0 Å². The Bertz CT molecular complexity index is 599. The Labute approximate surface area is 130 Å². The molecule has 0 amide bonds. The van der Waals surface area contributed by atoms with Crippen LogP contribution in [-0.4, -0.2) is 78.3 Å². The zero-order chi connectivity index (χ0) is 16.3. The zero-order valence-electron chi connectivity index (χ0n) is 14.0. The lowest BCUT2D eigenvalue weighted by atomic mass is 10.5. The van der Waals surface area contributed by atoms with E-state index in [1.165, 1.54) is 0 Å². The van der Waals surface area contributed by atoms with Crippen molar-refractivity contribution in [2.45, 2.75) is 0 Å². The minimum absolute atomic E-state index is 0.716. The summed E-state index contributed by atoms with van der Waals surface area (Å²) in [5.41, 5.74) is 0. The second-order valence-electron chi connectivity index (χ2n) is 5.49. The number of hydrogen-bond acceptors (Lipinski definition) is 8. The third kappa shape index (κ3) is 3.38. The van der Waals surface area contributed by atoms with Crippen LogP contribution in [0, 0.1) is 0 Å². The third-order valence-electron chi connectivity index (χ3n) is 3.23. The van der Waals surface area contributed by atoms with E-state index < -0.39 is 0 Å². The molecule has 2 aromatic heterocycles. The van der Waals surface area contributed by atoms with E-state index in [-0.39, 0.29) is 0 Å². The molecule has 0 bridgehead atoms. The summed E-state index contributed by atoms with van der Waals surface area (Å²) >= 11 is 0. The number of H-pyrrole nitrogens is 1. The van der Waals surface area contributed by atoms with Gasteiger partial charge in [-0.1, -0.05) is 0 Å². The van der Waals surface area contributed by atoms with Crippen molar-refractivity contribution >= 4 is 23.8 Å². The maximum Gasteiger partial charge on any atom is 0.227 e. The molecule has 0 atom stereocenters. The Hall–Kier alpha value is -2.52. The molecule has 10 heteroatoms. The van der Waals surface area contributed by atoms with Crippen LogP contribution in [0.2, 0.25) is 0 Å². The Balaban J connectivity index is 1.87. The van der Waals surface area contributed by atoms with Crippen LogP contribution >= 0.6 is 0 Å². The first kappa shape index (κ1) is 15.9. The fourth-order valence-electron chi connectivity index (χ4n) is 1.92. The SMILES string of the molecule is CN(C)c1nnc(N(C)CCNc2nnc(N(C)C)n2C)[nH]1. The summed E-state index contributed by atoms with van der Waals surface area (Å²) in [7, 11) is 11.6. The largest absolute Gasteiger partial charge is 0.352 e. The van der Waals surface area contributed by atoms with Gasteiger partial charge >= 0.3 is 0 Å². The van der Waals surface area contributed by atoms with Crippen molar-refractivity contribution in [2.24, 2.45) is 7.05 Å². The molecular formula is C12H24N10. The minimum atomic E-state index is 0.716. The molecule has 2 heterocycles. The molecule has 0 spiro atoms. The van der Waals surface area contributed by atoms with Gasteiger partial charge in [0.1, 0.15) is 0 Å². The van der Waals surface area contributed by atoms with Crippen molar-refractivity contribution in [2.75, 3.05) is 68.3 Å². The molecule has 0 radical (unpaired) electrons. The first-order valence-corrected chi connectivity index (χ1v) is 7.02. The summed E-state index contributed by atoms with van der Waals surface area (Å²) in [6, 6.07) is 0. The van der Waals surface area contributed by atoms with Gasteiger partial charge in [-0.25, -0.2) is 0 Å². The van der Waals surface area contributed by atoms with E-state index in [2.05, 4.69) is 30.7 Å². The molecule has 122 valence electrons. The predicted molar refractivity (Wildman–Crippen MR) is 87.8 cm³/mol. The minimum Gasteiger partial charge on any atom is -0.352 e. The number of nitrogens with one attached hydrogen (secondary N) is 2. The highest BCUT2D eigenvalue weighted by atomic mass is 15.4. The van der Waals surface area contributed by atoms with Crippen molar-refractivity contribution in [3.63, 3.8) is 0 Å². The maximum absolute atomic E-state index is 4.13. The van der Waals surface area contributed by atoms with Crippen LogP contribution < -0.4 is 20.0 Å². The predicted octanol–water partition coefficient (Wildman–Crippen LogP) is -0.386. The van der Waals surface area contributed by atoms with E-state index in [1.807, 2.05) is 61.6 Å². The summed E-state index contributed by atoms with van der Waals surface area (Å²) in [4.78, 5) is 8.95. The van der Waals surface area contributed by atoms with E-state index in [1.54, 1.807) is 0 Å². The molecule has 2 rings (SSSR count). The van der Waals surface area contributed by atoms with Crippen LogP contribution in [0.5, 0.6) is 0 Å². The van der Waals surface area contributed by atoms with Gasteiger partial charge in [-0.2, -0.15) is 0 Å². The Morgan fingerprint density at radius 3 is 2.18 bits per heavy atom. The molecule has 22 heavy (non-hydrogen) atoms. The Morgan fingerprint density at radius 1 is 0.955 bits per heavy atom.